The first-order chi connectivity index (χ1) is 4.31. The van der Waals surface area contributed by atoms with Gasteiger partial charge in [-0.3, -0.25) is 0 Å². The number of hydrogen-bond donors (Lipinski definition) is 1. The summed E-state index contributed by atoms with van der Waals surface area (Å²) >= 11 is 0. The van der Waals surface area contributed by atoms with Crippen molar-refractivity contribution in [2.24, 2.45) is 0 Å². The summed E-state index contributed by atoms with van der Waals surface area (Å²) in [5, 5.41) is 8.22. The Bertz CT molecular complexity index is 91.1. The molecule has 1 nitrogen and oxygen atoms in total. The molecule has 0 aromatic rings. The third-order valence-electron chi connectivity index (χ3n) is 0.942. The lowest BCUT2D eigenvalue weighted by Crippen LogP contribution is -1.82. The Kier molecular flexibility index (Phi) is 5.41. The molecule has 0 aliphatic heterocycles. The molecule has 0 bridgehead atoms. The minimum absolute atomic E-state index is 0.0412. The van der Waals surface area contributed by atoms with E-state index in [0.29, 0.717) is 12.8 Å². The Morgan fingerprint density at radius 3 is 2.56 bits per heavy atom. The second-order valence-electron chi connectivity index (χ2n) is 1.74. The summed E-state index contributed by atoms with van der Waals surface area (Å²) in [4.78, 5) is 0. The van der Waals surface area contributed by atoms with Gasteiger partial charge in [0, 0.05) is 13.0 Å². The third-order valence-corrected chi connectivity index (χ3v) is 0.942. The Labute approximate surface area is 53.0 Å². The average Bonchev–Trinajstić information content (AvgIpc) is 1.89. The zero-order valence-corrected chi connectivity index (χ0v) is 5.11. The van der Waals surface area contributed by atoms with Crippen molar-refractivity contribution in [3.05, 3.63) is 12.2 Å². The molecule has 0 rings (SSSR count). The molecule has 0 saturated heterocycles. The Morgan fingerprint density at radius 2 is 2.11 bits per heavy atom. The van der Waals surface area contributed by atoms with Crippen LogP contribution >= 0.6 is 0 Å². The van der Waals surface area contributed by atoms with E-state index in [0.717, 1.165) is 0 Å². The van der Waals surface area contributed by atoms with Gasteiger partial charge in [-0.05, 0) is 12.8 Å². The van der Waals surface area contributed by atoms with Gasteiger partial charge in [-0.15, -0.1) is 0 Å². The number of rotatable bonds is 4. The van der Waals surface area contributed by atoms with Crippen molar-refractivity contribution in [3.63, 3.8) is 0 Å². The SMILES string of the molecule is OCCCC/C(F)=C\F. The lowest BCUT2D eigenvalue weighted by atomic mass is 10.2. The molecule has 0 spiro atoms. The van der Waals surface area contributed by atoms with Crippen molar-refractivity contribution in [1.82, 2.24) is 0 Å². The summed E-state index contributed by atoms with van der Waals surface area (Å²) in [6.45, 7) is 0.0412. The van der Waals surface area contributed by atoms with E-state index < -0.39 is 5.83 Å². The van der Waals surface area contributed by atoms with E-state index in [1.165, 1.54) is 0 Å². The largest absolute Gasteiger partial charge is 0.396 e. The van der Waals surface area contributed by atoms with E-state index >= 15 is 0 Å². The first-order valence-corrected chi connectivity index (χ1v) is 2.87. The number of halogens is 2. The van der Waals surface area contributed by atoms with E-state index in [1.54, 1.807) is 0 Å². The highest BCUT2D eigenvalue weighted by molar-refractivity contribution is 4.83. The molecule has 0 fully saturated rings. The van der Waals surface area contributed by atoms with Gasteiger partial charge in [-0.2, -0.15) is 0 Å². The Balaban J connectivity index is 3.07. The lowest BCUT2D eigenvalue weighted by Gasteiger charge is -1.92. The van der Waals surface area contributed by atoms with E-state index in [-0.39, 0.29) is 19.4 Å². The van der Waals surface area contributed by atoms with Crippen LogP contribution in [0.4, 0.5) is 8.78 Å². The van der Waals surface area contributed by atoms with Gasteiger partial charge >= 0.3 is 0 Å². The van der Waals surface area contributed by atoms with Gasteiger partial charge < -0.3 is 5.11 Å². The molecule has 0 aliphatic rings. The monoisotopic (exact) mass is 136 g/mol. The Hall–Kier alpha value is -0.440. The first kappa shape index (κ1) is 8.56. The van der Waals surface area contributed by atoms with Crippen LogP contribution in [0, 0.1) is 0 Å². The molecule has 1 N–H and O–H groups in total. The zero-order chi connectivity index (χ0) is 7.11. The average molecular weight is 136 g/mol. The fourth-order valence-corrected chi connectivity index (χ4v) is 0.460. The molecule has 0 aromatic carbocycles. The summed E-state index contributed by atoms with van der Waals surface area (Å²) in [5.74, 6) is -0.747. The molecule has 3 heteroatoms. The fraction of sp³-hybridized carbons (Fsp3) is 0.667. The van der Waals surface area contributed by atoms with E-state index in [4.69, 9.17) is 5.11 Å². The van der Waals surface area contributed by atoms with E-state index in [1.807, 2.05) is 0 Å². The first-order valence-electron chi connectivity index (χ1n) is 2.87. The van der Waals surface area contributed by atoms with Crippen LogP contribution in [-0.4, -0.2) is 11.7 Å². The fourth-order valence-electron chi connectivity index (χ4n) is 0.460. The van der Waals surface area contributed by atoms with Crippen molar-refractivity contribution in [2.75, 3.05) is 6.61 Å². The second kappa shape index (κ2) is 5.69. The highest BCUT2D eigenvalue weighted by atomic mass is 19.2. The van der Waals surface area contributed by atoms with Crippen LogP contribution in [0.5, 0.6) is 0 Å². The van der Waals surface area contributed by atoms with Crippen LogP contribution in [0.3, 0.4) is 0 Å². The van der Waals surface area contributed by atoms with Gasteiger partial charge in [0.1, 0.15) is 12.2 Å². The summed E-state index contributed by atoms with van der Waals surface area (Å²) < 4.78 is 23.1. The maximum atomic E-state index is 11.9. The minimum atomic E-state index is -0.747. The third kappa shape index (κ3) is 5.43. The normalized spacial score (nSPS) is 12.1. The Morgan fingerprint density at radius 1 is 1.44 bits per heavy atom. The van der Waals surface area contributed by atoms with Crippen LogP contribution in [0.2, 0.25) is 0 Å². The highest BCUT2D eigenvalue weighted by Gasteiger charge is 1.92. The van der Waals surface area contributed by atoms with Crippen molar-refractivity contribution in [3.8, 4) is 0 Å². The van der Waals surface area contributed by atoms with Gasteiger partial charge in [0.2, 0.25) is 0 Å². The van der Waals surface area contributed by atoms with Crippen LogP contribution in [0.15, 0.2) is 12.2 Å². The highest BCUT2D eigenvalue weighted by Crippen LogP contribution is 2.07. The predicted octanol–water partition coefficient (Wildman–Crippen LogP) is 1.93. The summed E-state index contributed by atoms with van der Waals surface area (Å²) in [6.07, 6.45) is 1.08. The van der Waals surface area contributed by atoms with Gasteiger partial charge in [-0.1, -0.05) is 0 Å². The molecule has 9 heavy (non-hydrogen) atoms. The van der Waals surface area contributed by atoms with Gasteiger partial charge in [0.05, 0.1) is 0 Å². The van der Waals surface area contributed by atoms with Crippen LogP contribution < -0.4 is 0 Å². The smallest absolute Gasteiger partial charge is 0.128 e. The predicted molar refractivity (Wildman–Crippen MR) is 31.2 cm³/mol. The molecule has 0 unspecified atom stereocenters. The zero-order valence-electron chi connectivity index (χ0n) is 5.11. The molecule has 0 aromatic heterocycles. The van der Waals surface area contributed by atoms with Crippen molar-refractivity contribution < 1.29 is 13.9 Å². The number of allylic oxidation sites excluding steroid dienone is 1. The van der Waals surface area contributed by atoms with E-state index in [2.05, 4.69) is 0 Å². The number of unbranched alkanes of at least 4 members (excludes halogenated alkanes) is 1. The van der Waals surface area contributed by atoms with Crippen molar-refractivity contribution >= 4 is 0 Å². The van der Waals surface area contributed by atoms with Gasteiger partial charge in [0.25, 0.3) is 0 Å². The molecular weight excluding hydrogens is 126 g/mol. The van der Waals surface area contributed by atoms with Crippen LogP contribution in [-0.2, 0) is 0 Å². The number of aliphatic hydroxyl groups excluding tert-OH is 1. The van der Waals surface area contributed by atoms with Crippen molar-refractivity contribution in [1.29, 1.82) is 0 Å². The van der Waals surface area contributed by atoms with Gasteiger partial charge in [0.15, 0.2) is 0 Å². The molecule has 0 amide bonds. The number of hydrogen-bond acceptors (Lipinski definition) is 1. The minimum Gasteiger partial charge on any atom is -0.396 e. The maximum Gasteiger partial charge on any atom is 0.128 e. The molecule has 54 valence electrons. The lowest BCUT2D eigenvalue weighted by molar-refractivity contribution is 0.283. The quantitative estimate of drug-likeness (QED) is 0.585. The van der Waals surface area contributed by atoms with E-state index in [9.17, 15) is 8.78 Å². The molecular formula is C6H10F2O. The second-order valence-corrected chi connectivity index (χ2v) is 1.74. The van der Waals surface area contributed by atoms with Crippen LogP contribution in [0.25, 0.3) is 0 Å². The molecule has 0 saturated carbocycles. The molecule has 0 aliphatic carbocycles. The summed E-state index contributed by atoms with van der Waals surface area (Å²) in [6, 6.07) is 0. The molecule has 0 heterocycles. The maximum absolute atomic E-state index is 11.9. The van der Waals surface area contributed by atoms with Gasteiger partial charge in [-0.25, -0.2) is 8.78 Å². The summed E-state index contributed by atoms with van der Waals surface area (Å²) in [7, 11) is 0. The molecule has 0 atom stereocenters. The van der Waals surface area contributed by atoms with Crippen LogP contribution in [0.1, 0.15) is 19.3 Å². The topological polar surface area (TPSA) is 20.2 Å². The molecule has 0 radical (unpaired) electrons. The summed E-state index contributed by atoms with van der Waals surface area (Å²) in [5.41, 5.74) is 0. The number of aliphatic hydroxyl groups is 1. The van der Waals surface area contributed by atoms with Crippen molar-refractivity contribution in [2.45, 2.75) is 19.3 Å². The standard InChI is InChI=1S/C6H10F2O/c7-5-6(8)3-1-2-4-9/h5,9H,1-4H2/b6-5+.